The molecule has 0 bridgehead atoms. The van der Waals surface area contributed by atoms with Gasteiger partial charge in [0.1, 0.15) is 0 Å². The molecule has 1 aliphatic heterocycles. The molecule has 4 rings (SSSR count). The first kappa shape index (κ1) is 17.7. The van der Waals surface area contributed by atoms with Crippen molar-refractivity contribution in [1.29, 1.82) is 5.26 Å². The molecule has 0 saturated heterocycles. The summed E-state index contributed by atoms with van der Waals surface area (Å²) in [5.74, 6) is -0.0972. The molecule has 1 N–H and O–H groups in total. The summed E-state index contributed by atoms with van der Waals surface area (Å²) < 4.78 is 0. The molecule has 1 amide bonds. The van der Waals surface area contributed by atoms with Crippen molar-refractivity contribution in [2.24, 2.45) is 4.99 Å². The zero-order valence-corrected chi connectivity index (χ0v) is 15.4. The minimum atomic E-state index is -0.0972. The fourth-order valence-corrected chi connectivity index (χ4v) is 3.34. The minimum absolute atomic E-state index is 0.0972. The number of carbonyl (C=O) groups is 1. The van der Waals surface area contributed by atoms with E-state index in [1.807, 2.05) is 42.5 Å². The predicted molar refractivity (Wildman–Crippen MR) is 111 cm³/mol. The molecule has 4 nitrogen and oxygen atoms in total. The summed E-state index contributed by atoms with van der Waals surface area (Å²) in [4.78, 5) is 17.1. The maximum absolute atomic E-state index is 12.4. The Balaban J connectivity index is 1.61. The largest absolute Gasteiger partial charge is 0.324 e. The van der Waals surface area contributed by atoms with Gasteiger partial charge in [-0.3, -0.25) is 9.79 Å². The number of amides is 1. The first-order valence-electron chi connectivity index (χ1n) is 9.26. The van der Waals surface area contributed by atoms with Crippen molar-refractivity contribution in [3.05, 3.63) is 95.1 Å². The van der Waals surface area contributed by atoms with E-state index in [-0.39, 0.29) is 12.3 Å². The third-order valence-corrected chi connectivity index (χ3v) is 4.79. The van der Waals surface area contributed by atoms with Gasteiger partial charge in [0, 0.05) is 0 Å². The average molecular weight is 365 g/mol. The van der Waals surface area contributed by atoms with Crippen LogP contribution in [0.25, 0.3) is 0 Å². The van der Waals surface area contributed by atoms with Crippen LogP contribution in [0.4, 0.5) is 11.4 Å². The lowest BCUT2D eigenvalue weighted by atomic mass is 10.0. The molecule has 1 aliphatic rings. The molecular weight excluding hydrogens is 346 g/mol. The van der Waals surface area contributed by atoms with Gasteiger partial charge in [-0.1, -0.05) is 48.5 Å². The van der Waals surface area contributed by atoms with E-state index in [9.17, 15) is 4.79 Å². The number of aliphatic imine (C=N–C) groups is 1. The predicted octanol–water partition coefficient (Wildman–Crippen LogP) is 4.81. The van der Waals surface area contributed by atoms with Crippen molar-refractivity contribution in [3.8, 4) is 6.07 Å². The summed E-state index contributed by atoms with van der Waals surface area (Å²) in [6, 6.07) is 25.7. The van der Waals surface area contributed by atoms with Gasteiger partial charge in [-0.2, -0.15) is 5.26 Å². The summed E-state index contributed by atoms with van der Waals surface area (Å²) >= 11 is 0. The molecule has 3 aromatic rings. The number of nitrogens with one attached hydrogen (secondary N) is 1. The molecule has 4 heteroatoms. The quantitative estimate of drug-likeness (QED) is 0.721. The van der Waals surface area contributed by atoms with Crippen LogP contribution in [0.2, 0.25) is 0 Å². The van der Waals surface area contributed by atoms with Gasteiger partial charge < -0.3 is 5.32 Å². The van der Waals surface area contributed by atoms with Crippen LogP contribution in [-0.2, 0) is 17.6 Å². The Kier molecular flexibility index (Phi) is 4.99. The van der Waals surface area contributed by atoms with Crippen molar-refractivity contribution in [1.82, 2.24) is 0 Å². The van der Waals surface area contributed by atoms with Crippen molar-refractivity contribution >= 4 is 23.0 Å². The molecule has 3 aromatic carbocycles. The summed E-state index contributed by atoms with van der Waals surface area (Å²) in [6.07, 6.45) is 2.03. The van der Waals surface area contributed by atoms with E-state index in [1.165, 1.54) is 5.56 Å². The van der Waals surface area contributed by atoms with E-state index >= 15 is 0 Å². The van der Waals surface area contributed by atoms with Crippen molar-refractivity contribution in [2.45, 2.75) is 19.3 Å². The van der Waals surface area contributed by atoms with E-state index in [1.54, 1.807) is 12.1 Å². The van der Waals surface area contributed by atoms with E-state index in [4.69, 9.17) is 10.3 Å². The molecule has 0 unspecified atom stereocenters. The van der Waals surface area contributed by atoms with Gasteiger partial charge in [-0.25, -0.2) is 0 Å². The summed E-state index contributed by atoms with van der Waals surface area (Å²) in [5.41, 5.74) is 5.96. The molecule has 1 heterocycles. The Morgan fingerprint density at radius 3 is 2.57 bits per heavy atom. The third kappa shape index (κ3) is 3.99. The standard InChI is InChI=1S/C24H19N3O/c25-16-19-7-4-8-20(13-19)22-15-24(28)27-23-14-18(11-12-21(23)26-22)10-9-17-5-2-1-3-6-17/h1-8,11-14H,9-10,15H2,(H,27,28). The SMILES string of the molecule is N#Cc1cccc(C2=Nc3ccc(CCc4ccccc4)cc3NC(=O)C2)c1. The minimum Gasteiger partial charge on any atom is -0.324 e. The fourth-order valence-electron chi connectivity index (χ4n) is 3.34. The van der Waals surface area contributed by atoms with Crippen molar-refractivity contribution in [3.63, 3.8) is 0 Å². The third-order valence-electron chi connectivity index (χ3n) is 4.79. The number of carbonyl (C=O) groups excluding carboxylic acids is 1. The van der Waals surface area contributed by atoms with Crippen LogP contribution in [0.15, 0.2) is 77.8 Å². The molecule has 0 fully saturated rings. The maximum atomic E-state index is 12.4. The first-order valence-corrected chi connectivity index (χ1v) is 9.26. The van der Waals surface area contributed by atoms with Gasteiger partial charge in [0.2, 0.25) is 5.91 Å². The van der Waals surface area contributed by atoms with Crippen LogP contribution in [-0.4, -0.2) is 11.6 Å². The number of aryl methyl sites for hydroxylation is 2. The van der Waals surface area contributed by atoms with E-state index in [2.05, 4.69) is 29.6 Å². The smallest absolute Gasteiger partial charge is 0.230 e. The summed E-state index contributed by atoms with van der Waals surface area (Å²) in [5, 5.41) is 12.1. The zero-order chi connectivity index (χ0) is 19.3. The molecule has 0 aromatic heterocycles. The van der Waals surface area contributed by atoms with Gasteiger partial charge in [-0.05, 0) is 53.8 Å². The second-order valence-corrected chi connectivity index (χ2v) is 6.81. The number of hydrogen-bond acceptors (Lipinski definition) is 3. The van der Waals surface area contributed by atoms with Crippen LogP contribution in [0.1, 0.15) is 28.7 Å². The molecule has 136 valence electrons. The van der Waals surface area contributed by atoms with Gasteiger partial charge in [0.15, 0.2) is 0 Å². The number of rotatable bonds is 4. The average Bonchev–Trinajstić information content (AvgIpc) is 2.90. The zero-order valence-electron chi connectivity index (χ0n) is 15.4. The number of nitrogens with zero attached hydrogens (tertiary/aromatic N) is 2. The molecule has 0 spiro atoms. The normalized spacial score (nSPS) is 13.0. The number of benzene rings is 3. The van der Waals surface area contributed by atoms with E-state index in [0.717, 1.165) is 35.3 Å². The Morgan fingerprint density at radius 1 is 0.929 bits per heavy atom. The Morgan fingerprint density at radius 2 is 1.75 bits per heavy atom. The van der Waals surface area contributed by atoms with E-state index < -0.39 is 0 Å². The Bertz CT molecular complexity index is 1090. The van der Waals surface area contributed by atoms with Gasteiger partial charge in [0.05, 0.1) is 35.1 Å². The van der Waals surface area contributed by atoms with Crippen LogP contribution in [0, 0.1) is 11.3 Å². The second kappa shape index (κ2) is 7.89. The number of hydrogen-bond donors (Lipinski definition) is 1. The topological polar surface area (TPSA) is 65.2 Å². The van der Waals surface area contributed by atoms with Crippen molar-refractivity contribution < 1.29 is 4.79 Å². The summed E-state index contributed by atoms with van der Waals surface area (Å²) in [6.45, 7) is 0. The molecule has 0 saturated carbocycles. The van der Waals surface area contributed by atoms with Gasteiger partial charge in [-0.15, -0.1) is 0 Å². The highest BCUT2D eigenvalue weighted by Crippen LogP contribution is 2.30. The first-order chi connectivity index (χ1) is 13.7. The number of anilines is 1. The fraction of sp³-hybridized carbons (Fsp3) is 0.125. The van der Waals surface area contributed by atoms with Crippen LogP contribution >= 0.6 is 0 Å². The van der Waals surface area contributed by atoms with Crippen molar-refractivity contribution in [2.75, 3.05) is 5.32 Å². The number of nitriles is 1. The van der Waals surface area contributed by atoms with Gasteiger partial charge >= 0.3 is 0 Å². The lowest BCUT2D eigenvalue weighted by Crippen LogP contribution is -2.15. The van der Waals surface area contributed by atoms with E-state index in [0.29, 0.717) is 11.3 Å². The summed E-state index contributed by atoms with van der Waals surface area (Å²) in [7, 11) is 0. The Labute approximate surface area is 164 Å². The molecular formula is C24H19N3O. The van der Waals surface area contributed by atoms with Gasteiger partial charge in [0.25, 0.3) is 0 Å². The highest BCUT2D eigenvalue weighted by atomic mass is 16.1. The van der Waals surface area contributed by atoms with Crippen LogP contribution in [0.5, 0.6) is 0 Å². The Hall–Kier alpha value is -3.71. The molecule has 0 radical (unpaired) electrons. The highest BCUT2D eigenvalue weighted by molar-refractivity contribution is 6.17. The molecule has 28 heavy (non-hydrogen) atoms. The molecule has 0 aliphatic carbocycles. The maximum Gasteiger partial charge on any atom is 0.230 e. The second-order valence-electron chi connectivity index (χ2n) is 6.81. The van der Waals surface area contributed by atoms with Crippen LogP contribution < -0.4 is 5.32 Å². The highest BCUT2D eigenvalue weighted by Gasteiger charge is 2.17. The number of fused-ring (bicyclic) bond motifs is 1. The lowest BCUT2D eigenvalue weighted by Gasteiger charge is -2.08. The van der Waals surface area contributed by atoms with Crippen LogP contribution in [0.3, 0.4) is 0 Å². The lowest BCUT2D eigenvalue weighted by molar-refractivity contribution is -0.115. The monoisotopic (exact) mass is 365 g/mol. The molecule has 0 atom stereocenters.